The van der Waals surface area contributed by atoms with Crippen LogP contribution in [-0.4, -0.2) is 16.6 Å². The Morgan fingerprint density at radius 1 is 1.03 bits per heavy atom. The summed E-state index contributed by atoms with van der Waals surface area (Å²) in [6, 6.07) is 19.8. The van der Waals surface area contributed by atoms with Gasteiger partial charge in [-0.05, 0) is 63.2 Å². The normalized spacial score (nSPS) is 11.2. The van der Waals surface area contributed by atoms with Crippen molar-refractivity contribution >= 4 is 40.5 Å². The average molecular weight is 511 g/mol. The maximum atomic E-state index is 12.8. The topological polar surface area (TPSA) is 64.8 Å². The standard InChI is InChI=1S/C27H24Cl2N2O4/c1-27(2,3)35-26(32)18-8-6-9-20(14-18)31(17-22-21(29)15-19(28)16-30-22)23-10-4-5-11-24(23)34-25-12-7-13-33-25/h4-16H,17H2,1-3H3. The van der Waals surface area contributed by atoms with Crippen LogP contribution in [0.4, 0.5) is 11.4 Å². The predicted octanol–water partition coefficient (Wildman–Crippen LogP) is 8.07. The molecule has 4 aromatic rings. The molecule has 0 N–H and O–H groups in total. The lowest BCUT2D eigenvalue weighted by Crippen LogP contribution is -2.24. The summed E-state index contributed by atoms with van der Waals surface area (Å²) in [5.41, 5.74) is 1.85. The molecule has 0 bridgehead atoms. The zero-order valence-electron chi connectivity index (χ0n) is 19.5. The van der Waals surface area contributed by atoms with E-state index in [2.05, 4.69) is 4.98 Å². The van der Waals surface area contributed by atoms with Crippen molar-refractivity contribution in [1.82, 2.24) is 4.98 Å². The van der Waals surface area contributed by atoms with Crippen molar-refractivity contribution in [3.05, 3.63) is 100 Å². The summed E-state index contributed by atoms with van der Waals surface area (Å²) in [5, 5.41) is 0.869. The summed E-state index contributed by atoms with van der Waals surface area (Å²) in [5.74, 6) is 0.486. The Kier molecular flexibility index (Phi) is 7.34. The van der Waals surface area contributed by atoms with E-state index in [0.29, 0.717) is 33.0 Å². The zero-order chi connectivity index (χ0) is 25.0. The van der Waals surface area contributed by atoms with Crippen LogP contribution in [0.15, 0.2) is 83.6 Å². The number of aromatic nitrogens is 1. The second kappa shape index (κ2) is 10.4. The number of carbonyl (C=O) groups is 1. The Bertz CT molecular complexity index is 1320. The lowest BCUT2D eigenvalue weighted by atomic mass is 10.1. The summed E-state index contributed by atoms with van der Waals surface area (Å²) in [7, 11) is 0. The zero-order valence-corrected chi connectivity index (χ0v) is 21.0. The first-order chi connectivity index (χ1) is 16.7. The van der Waals surface area contributed by atoms with E-state index >= 15 is 0 Å². The molecule has 0 unspecified atom stereocenters. The average Bonchev–Trinajstić information content (AvgIpc) is 3.31. The first kappa shape index (κ1) is 24.6. The molecule has 2 heterocycles. The van der Waals surface area contributed by atoms with Gasteiger partial charge in [0, 0.05) is 18.0 Å². The Balaban J connectivity index is 1.78. The molecule has 35 heavy (non-hydrogen) atoms. The maximum Gasteiger partial charge on any atom is 0.338 e. The molecule has 4 rings (SSSR count). The molecule has 8 heteroatoms. The Labute approximate surface area is 214 Å². The highest BCUT2D eigenvalue weighted by atomic mass is 35.5. The smallest absolute Gasteiger partial charge is 0.338 e. The number of pyridine rings is 1. The molecule has 0 aliphatic rings. The molecule has 2 aromatic heterocycles. The summed E-state index contributed by atoms with van der Waals surface area (Å²) in [6.07, 6.45) is 3.08. The fourth-order valence-corrected chi connectivity index (χ4v) is 3.80. The van der Waals surface area contributed by atoms with Gasteiger partial charge in [0.2, 0.25) is 0 Å². The Morgan fingerprint density at radius 2 is 1.83 bits per heavy atom. The fourth-order valence-electron chi connectivity index (χ4n) is 3.36. The minimum atomic E-state index is -0.614. The largest absolute Gasteiger partial charge is 0.456 e. The van der Waals surface area contributed by atoms with Crippen LogP contribution in [0.5, 0.6) is 11.7 Å². The van der Waals surface area contributed by atoms with Crippen molar-refractivity contribution in [1.29, 1.82) is 0 Å². The summed E-state index contributed by atoms with van der Waals surface area (Å²) in [6.45, 7) is 5.78. The number of benzene rings is 2. The maximum absolute atomic E-state index is 12.8. The van der Waals surface area contributed by atoms with E-state index in [4.69, 9.17) is 37.1 Å². The molecular weight excluding hydrogens is 487 g/mol. The number of furan rings is 1. The van der Waals surface area contributed by atoms with Crippen molar-refractivity contribution in [2.24, 2.45) is 0 Å². The van der Waals surface area contributed by atoms with Crippen LogP contribution < -0.4 is 9.64 Å². The van der Waals surface area contributed by atoms with Gasteiger partial charge in [0.1, 0.15) is 5.60 Å². The number of esters is 1. The molecule has 6 nitrogen and oxygen atoms in total. The number of carbonyl (C=O) groups excluding carboxylic acids is 1. The van der Waals surface area contributed by atoms with E-state index in [0.717, 1.165) is 11.4 Å². The van der Waals surface area contributed by atoms with Gasteiger partial charge in [-0.3, -0.25) is 4.98 Å². The van der Waals surface area contributed by atoms with Crippen molar-refractivity contribution in [2.45, 2.75) is 32.9 Å². The van der Waals surface area contributed by atoms with Gasteiger partial charge in [-0.15, -0.1) is 0 Å². The first-order valence-electron chi connectivity index (χ1n) is 10.9. The van der Waals surface area contributed by atoms with Gasteiger partial charge < -0.3 is 18.8 Å². The predicted molar refractivity (Wildman–Crippen MR) is 137 cm³/mol. The van der Waals surface area contributed by atoms with Gasteiger partial charge in [0.25, 0.3) is 5.95 Å². The molecule has 0 saturated heterocycles. The van der Waals surface area contributed by atoms with Crippen molar-refractivity contribution in [3.8, 4) is 11.7 Å². The van der Waals surface area contributed by atoms with Gasteiger partial charge in [-0.1, -0.05) is 41.4 Å². The number of ether oxygens (including phenoxy) is 2. The minimum absolute atomic E-state index is 0.284. The summed E-state index contributed by atoms with van der Waals surface area (Å²) >= 11 is 12.5. The molecule has 0 fully saturated rings. The third-order valence-electron chi connectivity index (χ3n) is 4.85. The molecule has 0 amide bonds. The molecule has 0 spiro atoms. The summed E-state index contributed by atoms with van der Waals surface area (Å²) in [4.78, 5) is 19.2. The Morgan fingerprint density at radius 3 is 2.54 bits per heavy atom. The third kappa shape index (κ3) is 6.35. The third-order valence-corrected chi connectivity index (χ3v) is 5.38. The minimum Gasteiger partial charge on any atom is -0.456 e. The van der Waals surface area contributed by atoms with E-state index in [1.807, 2.05) is 56.0 Å². The van der Waals surface area contributed by atoms with Gasteiger partial charge in [-0.2, -0.15) is 0 Å². The number of hydrogen-bond donors (Lipinski definition) is 0. The van der Waals surface area contributed by atoms with E-state index in [1.54, 1.807) is 42.6 Å². The molecule has 2 aromatic carbocycles. The van der Waals surface area contributed by atoms with Gasteiger partial charge in [-0.25, -0.2) is 4.79 Å². The second-order valence-electron chi connectivity index (χ2n) is 8.72. The molecule has 180 valence electrons. The number of nitrogens with zero attached hydrogens (tertiary/aromatic N) is 2. The first-order valence-corrected chi connectivity index (χ1v) is 11.7. The van der Waals surface area contributed by atoms with E-state index in [1.165, 1.54) is 6.26 Å². The van der Waals surface area contributed by atoms with Crippen LogP contribution >= 0.6 is 23.2 Å². The SMILES string of the molecule is CC(C)(C)OC(=O)c1cccc(N(Cc2ncc(Cl)cc2Cl)c2ccccc2Oc2ccco2)c1. The monoisotopic (exact) mass is 510 g/mol. The molecular formula is C27H24Cl2N2O4. The van der Waals surface area contributed by atoms with Crippen LogP contribution in [0.25, 0.3) is 0 Å². The highest BCUT2D eigenvalue weighted by Gasteiger charge is 2.22. The highest BCUT2D eigenvalue weighted by Crippen LogP contribution is 2.38. The fraction of sp³-hybridized carbons (Fsp3) is 0.185. The van der Waals surface area contributed by atoms with E-state index in [9.17, 15) is 4.79 Å². The lowest BCUT2D eigenvalue weighted by molar-refractivity contribution is 0.00695. The van der Waals surface area contributed by atoms with Crippen LogP contribution in [-0.2, 0) is 11.3 Å². The lowest BCUT2D eigenvalue weighted by Gasteiger charge is -2.27. The van der Waals surface area contributed by atoms with Crippen LogP contribution in [0.2, 0.25) is 10.0 Å². The number of hydrogen-bond acceptors (Lipinski definition) is 6. The van der Waals surface area contributed by atoms with Crippen molar-refractivity contribution < 1.29 is 18.7 Å². The number of para-hydroxylation sites is 2. The molecule has 0 saturated carbocycles. The van der Waals surface area contributed by atoms with E-state index in [-0.39, 0.29) is 6.54 Å². The number of rotatable bonds is 7. The van der Waals surface area contributed by atoms with Gasteiger partial charge in [0.15, 0.2) is 5.75 Å². The Hall–Kier alpha value is -3.48. The molecule has 0 aliphatic carbocycles. The van der Waals surface area contributed by atoms with Gasteiger partial charge >= 0.3 is 5.97 Å². The van der Waals surface area contributed by atoms with Crippen LogP contribution in [0.1, 0.15) is 36.8 Å². The van der Waals surface area contributed by atoms with Crippen LogP contribution in [0, 0.1) is 0 Å². The van der Waals surface area contributed by atoms with Gasteiger partial charge in [0.05, 0.1) is 39.8 Å². The summed E-state index contributed by atoms with van der Waals surface area (Å²) < 4.78 is 16.9. The quantitative estimate of drug-likeness (QED) is 0.234. The highest BCUT2D eigenvalue weighted by molar-refractivity contribution is 6.34. The molecule has 0 atom stereocenters. The van der Waals surface area contributed by atoms with Crippen LogP contribution in [0.3, 0.4) is 0 Å². The second-order valence-corrected chi connectivity index (χ2v) is 9.57. The number of halogens is 2. The van der Waals surface area contributed by atoms with Crippen molar-refractivity contribution in [3.63, 3.8) is 0 Å². The molecule has 0 radical (unpaired) electrons. The van der Waals surface area contributed by atoms with Crippen molar-refractivity contribution in [2.75, 3.05) is 4.90 Å². The van der Waals surface area contributed by atoms with E-state index < -0.39 is 11.6 Å². The molecule has 0 aliphatic heterocycles. The number of anilines is 2.